The van der Waals surface area contributed by atoms with E-state index in [2.05, 4.69) is 24.7 Å². The van der Waals surface area contributed by atoms with Gasteiger partial charge in [-0.25, -0.2) is 9.97 Å². The van der Waals surface area contributed by atoms with Gasteiger partial charge in [-0.15, -0.1) is 0 Å². The van der Waals surface area contributed by atoms with E-state index < -0.39 is 11.7 Å². The number of rotatable bonds is 4. The highest BCUT2D eigenvalue weighted by Gasteiger charge is 2.31. The second kappa shape index (κ2) is 9.12. The minimum Gasteiger partial charge on any atom is -0.341 e. The summed E-state index contributed by atoms with van der Waals surface area (Å²) in [5.41, 5.74) is 2.37. The summed E-state index contributed by atoms with van der Waals surface area (Å²) in [6, 6.07) is 8.13. The van der Waals surface area contributed by atoms with Crippen LogP contribution in [-0.2, 0) is 12.7 Å². The van der Waals surface area contributed by atoms with Gasteiger partial charge in [0.1, 0.15) is 0 Å². The van der Waals surface area contributed by atoms with Gasteiger partial charge < -0.3 is 4.90 Å². The van der Waals surface area contributed by atoms with Crippen molar-refractivity contribution >= 4 is 5.95 Å². The van der Waals surface area contributed by atoms with Crippen LogP contribution in [0.15, 0.2) is 30.3 Å². The first-order valence-corrected chi connectivity index (χ1v) is 11.0. The molecule has 2 saturated heterocycles. The number of hydrogen-bond acceptors (Lipinski definition) is 5. The average Bonchev–Trinajstić information content (AvgIpc) is 2.73. The molecule has 2 aliphatic rings. The van der Waals surface area contributed by atoms with Crippen LogP contribution in [0.4, 0.5) is 19.1 Å². The summed E-state index contributed by atoms with van der Waals surface area (Å²) in [5.74, 6) is 0.845. The van der Waals surface area contributed by atoms with Gasteiger partial charge in [-0.2, -0.15) is 13.2 Å². The standard InChI is InChI=1S/C23H30F3N5/c1-17-15-18(2)28-22(27-17)31-9-7-21(8-10-31)30-13-11-29(12-14-30)16-19-3-5-20(6-4-19)23(24,25)26/h3-6,15,21H,7-14,16H2,1-2H3. The van der Waals surface area contributed by atoms with E-state index in [0.29, 0.717) is 12.6 Å². The topological polar surface area (TPSA) is 35.5 Å². The van der Waals surface area contributed by atoms with Gasteiger partial charge in [-0.1, -0.05) is 12.1 Å². The molecule has 0 radical (unpaired) electrons. The minimum absolute atomic E-state index is 0.579. The van der Waals surface area contributed by atoms with E-state index in [4.69, 9.17) is 0 Å². The number of hydrogen-bond donors (Lipinski definition) is 0. The number of piperidine rings is 1. The van der Waals surface area contributed by atoms with Crippen LogP contribution in [0.5, 0.6) is 0 Å². The molecule has 0 amide bonds. The first kappa shape index (κ1) is 22.0. The van der Waals surface area contributed by atoms with Crippen molar-refractivity contribution in [2.24, 2.45) is 0 Å². The van der Waals surface area contributed by atoms with Gasteiger partial charge >= 0.3 is 6.18 Å². The quantitative estimate of drug-likeness (QED) is 0.731. The number of alkyl halides is 3. The molecular formula is C23H30F3N5. The van der Waals surface area contributed by atoms with E-state index in [1.165, 1.54) is 12.1 Å². The zero-order chi connectivity index (χ0) is 22.0. The molecule has 2 fully saturated rings. The Bertz CT molecular complexity index is 848. The molecule has 0 unspecified atom stereocenters. The Labute approximate surface area is 181 Å². The molecule has 4 rings (SSSR count). The van der Waals surface area contributed by atoms with Crippen molar-refractivity contribution in [3.63, 3.8) is 0 Å². The number of benzene rings is 1. The van der Waals surface area contributed by atoms with E-state index >= 15 is 0 Å². The molecule has 3 heterocycles. The largest absolute Gasteiger partial charge is 0.416 e. The second-order valence-electron chi connectivity index (χ2n) is 8.68. The smallest absolute Gasteiger partial charge is 0.341 e. The summed E-state index contributed by atoms with van der Waals surface area (Å²) in [4.78, 5) is 16.4. The van der Waals surface area contributed by atoms with E-state index in [0.717, 1.165) is 75.0 Å². The van der Waals surface area contributed by atoms with E-state index in [9.17, 15) is 13.2 Å². The number of aromatic nitrogens is 2. The van der Waals surface area contributed by atoms with Gasteiger partial charge in [0.05, 0.1) is 5.56 Å². The molecule has 0 atom stereocenters. The van der Waals surface area contributed by atoms with Crippen molar-refractivity contribution in [2.75, 3.05) is 44.2 Å². The first-order valence-electron chi connectivity index (χ1n) is 11.0. The maximum atomic E-state index is 12.7. The predicted octanol–water partition coefficient (Wildman–Crippen LogP) is 3.90. The fraction of sp³-hybridized carbons (Fsp3) is 0.565. The Kier molecular flexibility index (Phi) is 6.48. The first-order chi connectivity index (χ1) is 14.8. The predicted molar refractivity (Wildman–Crippen MR) is 115 cm³/mol. The van der Waals surface area contributed by atoms with Gasteiger partial charge in [0.15, 0.2) is 0 Å². The Balaban J connectivity index is 1.24. The van der Waals surface area contributed by atoms with Gasteiger partial charge in [0.25, 0.3) is 0 Å². The number of halogens is 3. The number of anilines is 1. The fourth-order valence-electron chi connectivity index (χ4n) is 4.62. The summed E-state index contributed by atoms with van der Waals surface area (Å²) in [7, 11) is 0. The van der Waals surface area contributed by atoms with Crippen LogP contribution in [0.1, 0.15) is 35.4 Å². The summed E-state index contributed by atoms with van der Waals surface area (Å²) in [5, 5.41) is 0. The maximum Gasteiger partial charge on any atom is 0.416 e. The highest BCUT2D eigenvalue weighted by molar-refractivity contribution is 5.33. The zero-order valence-electron chi connectivity index (χ0n) is 18.2. The minimum atomic E-state index is -4.27. The van der Waals surface area contributed by atoms with Gasteiger partial charge in [-0.05, 0) is 50.5 Å². The lowest BCUT2D eigenvalue weighted by Crippen LogP contribution is -2.53. The molecule has 0 aliphatic carbocycles. The SMILES string of the molecule is Cc1cc(C)nc(N2CCC(N3CCN(Cc4ccc(C(F)(F)F)cc4)CC3)CC2)n1. The molecule has 2 aliphatic heterocycles. The number of aryl methyl sites for hydroxylation is 2. The van der Waals surface area contributed by atoms with Crippen LogP contribution in [0.2, 0.25) is 0 Å². The molecule has 1 aromatic heterocycles. The van der Waals surface area contributed by atoms with Crippen LogP contribution in [0.3, 0.4) is 0 Å². The average molecular weight is 434 g/mol. The second-order valence-corrected chi connectivity index (χ2v) is 8.68. The zero-order valence-corrected chi connectivity index (χ0v) is 18.2. The van der Waals surface area contributed by atoms with Crippen LogP contribution in [0, 0.1) is 13.8 Å². The van der Waals surface area contributed by atoms with Crippen molar-refractivity contribution in [1.29, 1.82) is 0 Å². The fourth-order valence-corrected chi connectivity index (χ4v) is 4.62. The van der Waals surface area contributed by atoms with E-state index in [-0.39, 0.29) is 0 Å². The molecule has 0 saturated carbocycles. The molecule has 0 spiro atoms. The molecule has 31 heavy (non-hydrogen) atoms. The Morgan fingerprint density at radius 1 is 0.871 bits per heavy atom. The molecular weight excluding hydrogens is 403 g/mol. The Morgan fingerprint density at radius 2 is 1.45 bits per heavy atom. The van der Waals surface area contributed by atoms with Crippen molar-refractivity contribution in [2.45, 2.75) is 45.5 Å². The molecule has 0 bridgehead atoms. The van der Waals surface area contributed by atoms with Crippen molar-refractivity contribution < 1.29 is 13.2 Å². The monoisotopic (exact) mass is 433 g/mol. The van der Waals surface area contributed by atoms with Crippen molar-refractivity contribution in [3.8, 4) is 0 Å². The summed E-state index contributed by atoms with van der Waals surface area (Å²) in [6.07, 6.45) is -2.06. The third-order valence-electron chi connectivity index (χ3n) is 6.33. The van der Waals surface area contributed by atoms with Gasteiger partial charge in [0.2, 0.25) is 5.95 Å². The Hall–Kier alpha value is -2.19. The van der Waals surface area contributed by atoms with E-state index in [1.54, 1.807) is 12.1 Å². The third-order valence-corrected chi connectivity index (χ3v) is 6.33. The van der Waals surface area contributed by atoms with Crippen LogP contribution in [0.25, 0.3) is 0 Å². The lowest BCUT2D eigenvalue weighted by Gasteiger charge is -2.42. The summed E-state index contributed by atoms with van der Waals surface area (Å²) in [6.45, 7) is 10.6. The van der Waals surface area contributed by atoms with Crippen molar-refractivity contribution in [1.82, 2.24) is 19.8 Å². The van der Waals surface area contributed by atoms with Crippen molar-refractivity contribution in [3.05, 3.63) is 52.8 Å². The molecule has 168 valence electrons. The molecule has 5 nitrogen and oxygen atoms in total. The maximum absolute atomic E-state index is 12.7. The third kappa shape index (κ3) is 5.54. The molecule has 0 N–H and O–H groups in total. The van der Waals surface area contributed by atoms with E-state index in [1.807, 2.05) is 19.9 Å². The summed E-state index contributed by atoms with van der Waals surface area (Å²) >= 11 is 0. The van der Waals surface area contributed by atoms with Crippen LogP contribution >= 0.6 is 0 Å². The lowest BCUT2D eigenvalue weighted by atomic mass is 10.0. The normalized spacial score (nSPS) is 19.7. The summed E-state index contributed by atoms with van der Waals surface area (Å²) < 4.78 is 38.2. The van der Waals surface area contributed by atoms with Crippen LogP contribution in [-0.4, -0.2) is 65.1 Å². The highest BCUT2D eigenvalue weighted by Crippen LogP contribution is 2.29. The lowest BCUT2D eigenvalue weighted by molar-refractivity contribution is -0.137. The molecule has 8 heteroatoms. The molecule has 2 aromatic rings. The molecule has 1 aromatic carbocycles. The Morgan fingerprint density at radius 3 is 2.00 bits per heavy atom. The number of piperazine rings is 1. The highest BCUT2D eigenvalue weighted by atomic mass is 19.4. The van der Waals surface area contributed by atoms with Crippen LogP contribution < -0.4 is 4.90 Å². The van der Waals surface area contributed by atoms with Gasteiger partial charge in [-0.3, -0.25) is 9.80 Å². The number of nitrogens with zero attached hydrogens (tertiary/aromatic N) is 5. The van der Waals surface area contributed by atoms with Gasteiger partial charge in [0, 0.05) is 63.2 Å².